The number of piperidine rings is 1. The van der Waals surface area contributed by atoms with Gasteiger partial charge < -0.3 is 9.47 Å². The number of hydrogen-bond acceptors (Lipinski definition) is 4. The molecule has 0 N–H and O–H groups in total. The number of rotatable bonds is 3. The molecule has 140 valence electrons. The first-order chi connectivity index (χ1) is 13.0. The van der Waals surface area contributed by atoms with Crippen molar-refractivity contribution in [2.45, 2.75) is 18.9 Å². The first kappa shape index (κ1) is 18.4. The molecular weight excluding hydrogens is 383 g/mol. The van der Waals surface area contributed by atoms with Crippen LogP contribution in [0.15, 0.2) is 47.3 Å². The lowest BCUT2D eigenvalue weighted by Crippen LogP contribution is -2.48. The number of aromatic nitrogens is 1. The van der Waals surface area contributed by atoms with E-state index in [2.05, 4.69) is 4.90 Å². The van der Waals surface area contributed by atoms with Gasteiger partial charge >= 0.3 is 0 Å². The lowest BCUT2D eigenvalue weighted by atomic mass is 9.83. The molecular formula is C20H19FN2O2S2. The maximum atomic E-state index is 13.0. The van der Waals surface area contributed by atoms with Crippen LogP contribution in [0.2, 0.25) is 0 Å². The van der Waals surface area contributed by atoms with E-state index in [1.54, 1.807) is 6.07 Å². The van der Waals surface area contributed by atoms with E-state index in [4.69, 9.17) is 12.2 Å². The maximum Gasteiger partial charge on any atom is 0.250 e. The number of halogens is 1. The van der Waals surface area contributed by atoms with Crippen LogP contribution >= 0.6 is 24.0 Å². The first-order valence-corrected chi connectivity index (χ1v) is 10.3. The summed E-state index contributed by atoms with van der Waals surface area (Å²) < 4.78 is 15.6. The molecule has 27 heavy (non-hydrogen) atoms. The molecule has 1 aromatic carbocycles. The largest absolute Gasteiger partial charge is 0.356 e. The molecule has 0 spiro atoms. The van der Waals surface area contributed by atoms with Gasteiger partial charge in [-0.15, -0.1) is 0 Å². The zero-order valence-corrected chi connectivity index (χ0v) is 16.3. The number of pyridine rings is 1. The number of nitrogens with zero attached hydrogens (tertiary/aromatic N) is 2. The van der Waals surface area contributed by atoms with Crippen molar-refractivity contribution in [2.24, 2.45) is 5.92 Å². The number of ketones is 1. The molecule has 1 aromatic heterocycles. The summed E-state index contributed by atoms with van der Waals surface area (Å²) in [6.07, 6.45) is 1.07. The summed E-state index contributed by atoms with van der Waals surface area (Å²) in [4.78, 5) is 26.5. The molecule has 2 atom stereocenters. The molecule has 4 rings (SSSR count). The Labute approximate surface area is 166 Å². The summed E-state index contributed by atoms with van der Waals surface area (Å²) in [7, 11) is 0. The average molecular weight is 403 g/mol. The van der Waals surface area contributed by atoms with Gasteiger partial charge in [0.2, 0.25) is 0 Å². The highest BCUT2D eigenvalue weighted by molar-refractivity contribution is 8.23. The molecule has 2 aliphatic heterocycles. The Kier molecular flexibility index (Phi) is 5.14. The molecule has 2 bridgehead atoms. The van der Waals surface area contributed by atoms with Gasteiger partial charge in [-0.05, 0) is 42.7 Å². The number of fused-ring (bicyclic) bond motifs is 4. The van der Waals surface area contributed by atoms with E-state index in [1.807, 2.05) is 16.7 Å². The second-order valence-corrected chi connectivity index (χ2v) is 8.70. The van der Waals surface area contributed by atoms with E-state index in [0.717, 1.165) is 31.7 Å². The standard InChI is InChI=1S/C20H19FN2O2S2/c21-16-6-4-14(5-7-16)18(24)12-27-20(26)22-9-13-8-15(11-22)17-2-1-3-19(25)23(17)10-13/h1-7,13,15H,8-12H2. The minimum absolute atomic E-state index is 0.0588. The van der Waals surface area contributed by atoms with Crippen LogP contribution in [0.3, 0.4) is 0 Å². The molecule has 2 aliphatic rings. The third-order valence-electron chi connectivity index (χ3n) is 5.23. The first-order valence-electron chi connectivity index (χ1n) is 8.91. The number of thiocarbonyl (C=S) groups is 1. The van der Waals surface area contributed by atoms with E-state index in [1.165, 1.54) is 36.0 Å². The van der Waals surface area contributed by atoms with E-state index in [-0.39, 0.29) is 28.8 Å². The third kappa shape index (κ3) is 3.84. The molecule has 2 aromatic rings. The Hall–Kier alpha value is -1.99. The van der Waals surface area contributed by atoms with E-state index in [0.29, 0.717) is 15.8 Å². The smallest absolute Gasteiger partial charge is 0.250 e. The summed E-state index contributed by atoms with van der Waals surface area (Å²) in [6.45, 7) is 2.31. The van der Waals surface area contributed by atoms with Crippen molar-refractivity contribution in [1.29, 1.82) is 0 Å². The third-order valence-corrected chi connectivity index (χ3v) is 6.75. The summed E-state index contributed by atoms with van der Waals surface area (Å²) >= 11 is 6.93. The van der Waals surface area contributed by atoms with E-state index >= 15 is 0 Å². The molecule has 2 unspecified atom stereocenters. The van der Waals surface area contributed by atoms with Gasteiger partial charge in [-0.25, -0.2) is 4.39 Å². The van der Waals surface area contributed by atoms with Gasteiger partial charge in [0, 0.05) is 42.9 Å². The van der Waals surface area contributed by atoms with Crippen molar-refractivity contribution >= 4 is 34.1 Å². The number of benzene rings is 1. The Morgan fingerprint density at radius 2 is 1.93 bits per heavy atom. The number of Topliss-reactive ketones (excluding diaryl/α,β-unsaturated/α-hetero) is 1. The second-order valence-electron chi connectivity index (χ2n) is 7.09. The van der Waals surface area contributed by atoms with E-state index in [9.17, 15) is 14.0 Å². The lowest BCUT2D eigenvalue weighted by molar-refractivity contribution is 0.102. The highest BCUT2D eigenvalue weighted by Gasteiger charge is 2.35. The minimum atomic E-state index is -0.353. The number of carbonyl (C=O) groups excluding carboxylic acids is 1. The van der Waals surface area contributed by atoms with Crippen LogP contribution in [0.25, 0.3) is 0 Å². The average Bonchev–Trinajstić information content (AvgIpc) is 2.67. The highest BCUT2D eigenvalue weighted by atomic mass is 32.2. The second kappa shape index (κ2) is 7.56. The Bertz CT molecular complexity index is 942. The predicted molar refractivity (Wildman–Crippen MR) is 109 cm³/mol. The summed E-state index contributed by atoms with van der Waals surface area (Å²) in [5, 5.41) is 0. The molecule has 4 nitrogen and oxygen atoms in total. The number of hydrogen-bond donors (Lipinski definition) is 0. The fourth-order valence-electron chi connectivity index (χ4n) is 3.98. The van der Waals surface area contributed by atoms with Gasteiger partial charge in [-0.3, -0.25) is 9.59 Å². The van der Waals surface area contributed by atoms with Gasteiger partial charge in [-0.1, -0.05) is 30.0 Å². The van der Waals surface area contributed by atoms with Crippen molar-refractivity contribution in [1.82, 2.24) is 9.47 Å². The molecule has 0 saturated carbocycles. The maximum absolute atomic E-state index is 13.0. The quantitative estimate of drug-likeness (QED) is 0.582. The SMILES string of the molecule is O=C(CSC(=S)N1CC2CC(C1)c1cccc(=O)n1C2)c1ccc(F)cc1. The van der Waals surface area contributed by atoms with E-state index < -0.39 is 0 Å². The van der Waals surface area contributed by atoms with Gasteiger partial charge in [-0.2, -0.15) is 0 Å². The van der Waals surface area contributed by atoms with Crippen molar-refractivity contribution in [3.05, 3.63) is 69.9 Å². The lowest BCUT2D eigenvalue weighted by Gasteiger charge is -2.43. The van der Waals surface area contributed by atoms with Crippen molar-refractivity contribution < 1.29 is 9.18 Å². The Balaban J connectivity index is 1.40. The molecule has 1 saturated heterocycles. The van der Waals surface area contributed by atoms with Gasteiger partial charge in [0.25, 0.3) is 5.56 Å². The Morgan fingerprint density at radius 3 is 2.70 bits per heavy atom. The minimum Gasteiger partial charge on any atom is -0.356 e. The number of thioether (sulfide) groups is 1. The normalized spacial score (nSPS) is 20.9. The molecule has 0 aliphatic carbocycles. The van der Waals surface area contributed by atoms with Crippen LogP contribution in [-0.4, -0.2) is 38.4 Å². The number of likely N-dealkylation sites (tertiary alicyclic amines) is 1. The summed E-state index contributed by atoms with van der Waals surface area (Å²) in [6, 6.07) is 11.1. The van der Waals surface area contributed by atoms with Crippen LogP contribution in [0.1, 0.15) is 28.4 Å². The van der Waals surface area contributed by atoms with Crippen LogP contribution < -0.4 is 5.56 Å². The molecule has 3 heterocycles. The molecule has 1 fully saturated rings. The van der Waals surface area contributed by atoms with Crippen LogP contribution in [0, 0.1) is 11.7 Å². The summed E-state index contributed by atoms with van der Waals surface area (Å²) in [5.41, 5.74) is 1.65. The van der Waals surface area contributed by atoms with Crippen LogP contribution in [0.5, 0.6) is 0 Å². The summed E-state index contributed by atoms with van der Waals surface area (Å²) in [5.74, 6) is 0.512. The van der Waals surface area contributed by atoms with Gasteiger partial charge in [0.05, 0.1) is 5.75 Å². The van der Waals surface area contributed by atoms with Crippen LogP contribution in [-0.2, 0) is 6.54 Å². The van der Waals surface area contributed by atoms with Crippen molar-refractivity contribution in [3.63, 3.8) is 0 Å². The number of carbonyl (C=O) groups is 1. The zero-order valence-electron chi connectivity index (χ0n) is 14.6. The van der Waals surface area contributed by atoms with Gasteiger partial charge in [0.1, 0.15) is 10.1 Å². The van der Waals surface area contributed by atoms with Crippen molar-refractivity contribution in [2.75, 3.05) is 18.8 Å². The monoisotopic (exact) mass is 402 g/mol. The van der Waals surface area contributed by atoms with Gasteiger partial charge in [0.15, 0.2) is 5.78 Å². The fraction of sp³-hybridized carbons (Fsp3) is 0.350. The molecule has 0 amide bonds. The molecule has 0 radical (unpaired) electrons. The Morgan fingerprint density at radius 1 is 1.15 bits per heavy atom. The zero-order chi connectivity index (χ0) is 19.0. The fourth-order valence-corrected chi connectivity index (χ4v) is 5.06. The highest BCUT2D eigenvalue weighted by Crippen LogP contribution is 2.36. The van der Waals surface area contributed by atoms with Crippen LogP contribution in [0.4, 0.5) is 4.39 Å². The molecule has 7 heteroatoms. The topological polar surface area (TPSA) is 42.3 Å². The predicted octanol–water partition coefficient (Wildman–Crippen LogP) is 3.31. The van der Waals surface area contributed by atoms with Crippen molar-refractivity contribution in [3.8, 4) is 0 Å².